The average Bonchev–Trinajstić information content (AvgIpc) is 2.28. The molecule has 0 aromatic heterocycles. The Bertz CT molecular complexity index is 1840. The van der Waals surface area contributed by atoms with E-state index in [-0.39, 0.29) is 25.7 Å². The molecule has 0 aliphatic carbocycles. The van der Waals surface area contributed by atoms with E-state index >= 15 is 0 Å². The smallest absolute Gasteiger partial charge is 0.462 e. The van der Waals surface area contributed by atoms with Gasteiger partial charge in [0, 0.05) is 25.7 Å². The molecule has 19 heteroatoms. The van der Waals surface area contributed by atoms with Crippen molar-refractivity contribution in [2.24, 2.45) is 11.8 Å². The van der Waals surface area contributed by atoms with Gasteiger partial charge in [-0.3, -0.25) is 37.3 Å². The highest BCUT2D eigenvalue weighted by molar-refractivity contribution is 7.47. The van der Waals surface area contributed by atoms with E-state index < -0.39 is 97.5 Å². The molecule has 95 heavy (non-hydrogen) atoms. The van der Waals surface area contributed by atoms with E-state index in [2.05, 4.69) is 41.5 Å². The van der Waals surface area contributed by atoms with Crippen LogP contribution in [0.2, 0.25) is 0 Å². The molecule has 5 atom stereocenters. The standard InChI is InChI=1S/C76H148O17P2/c1-7-9-11-13-15-17-19-21-22-29-36-42-48-54-60-75(80)92-71(64-86-73(78)58-52-46-40-34-28-20-18-16-14-12-10-8-2)66-90-94(82,83)88-62-70(77)63-89-95(84,85)91-67-72(65-87-74(79)59-53-47-41-35-31-25-27-33-39-45-51-57-69(5)6)93-76(81)61-55-49-43-37-30-24-23-26-32-38-44-50-56-68(3)4/h68-72,77H,7-67H2,1-6H3,(H,82,83)(H,84,85)/t70-,71+,72+/m0/s1. The van der Waals surface area contributed by atoms with Crippen LogP contribution in [-0.2, 0) is 65.4 Å². The minimum atomic E-state index is -4.96. The largest absolute Gasteiger partial charge is 0.472 e. The molecule has 0 amide bonds. The van der Waals surface area contributed by atoms with Gasteiger partial charge in [0.15, 0.2) is 12.2 Å². The highest BCUT2D eigenvalue weighted by Crippen LogP contribution is 2.45. The summed E-state index contributed by atoms with van der Waals surface area (Å²) in [4.78, 5) is 72.9. The van der Waals surface area contributed by atoms with Crippen molar-refractivity contribution in [3.05, 3.63) is 0 Å². The summed E-state index contributed by atoms with van der Waals surface area (Å²) in [5.74, 6) is -0.565. The van der Waals surface area contributed by atoms with Gasteiger partial charge in [-0.1, -0.05) is 343 Å². The Morgan fingerprint density at radius 3 is 0.716 bits per heavy atom. The number of carbonyl (C=O) groups excluding carboxylic acids is 4. The molecule has 0 fully saturated rings. The molecule has 0 aromatic rings. The minimum absolute atomic E-state index is 0.107. The Balaban J connectivity index is 5.27. The zero-order valence-electron chi connectivity index (χ0n) is 62.0. The summed E-state index contributed by atoms with van der Waals surface area (Å²) in [6, 6.07) is 0. The minimum Gasteiger partial charge on any atom is -0.462 e. The number of ether oxygens (including phenoxy) is 4. The molecule has 0 rings (SSSR count). The number of hydrogen-bond donors (Lipinski definition) is 3. The van der Waals surface area contributed by atoms with E-state index in [9.17, 15) is 43.2 Å². The van der Waals surface area contributed by atoms with Gasteiger partial charge in [0.1, 0.15) is 19.3 Å². The summed E-state index contributed by atoms with van der Waals surface area (Å²) in [5, 5.41) is 10.6. The van der Waals surface area contributed by atoms with Crippen LogP contribution in [0, 0.1) is 11.8 Å². The van der Waals surface area contributed by atoms with E-state index in [0.717, 1.165) is 102 Å². The summed E-state index contributed by atoms with van der Waals surface area (Å²) < 4.78 is 68.6. The van der Waals surface area contributed by atoms with Crippen LogP contribution in [0.1, 0.15) is 395 Å². The Labute approximate surface area is 581 Å². The third-order valence-corrected chi connectivity index (χ3v) is 19.6. The maximum Gasteiger partial charge on any atom is 0.472 e. The first kappa shape index (κ1) is 93.1. The molecule has 0 saturated heterocycles. The first-order valence-electron chi connectivity index (χ1n) is 39.5. The van der Waals surface area contributed by atoms with Gasteiger partial charge in [0.2, 0.25) is 0 Å². The van der Waals surface area contributed by atoms with Crippen LogP contribution in [0.5, 0.6) is 0 Å². The molecule has 0 bridgehead atoms. The quantitative estimate of drug-likeness (QED) is 0.0222. The molecule has 0 radical (unpaired) electrons. The average molecular weight is 1400 g/mol. The molecule has 17 nitrogen and oxygen atoms in total. The van der Waals surface area contributed by atoms with Gasteiger partial charge in [-0.25, -0.2) is 9.13 Å². The molecular formula is C76H148O17P2. The van der Waals surface area contributed by atoms with Crippen LogP contribution >= 0.6 is 15.6 Å². The molecular weight excluding hydrogens is 1250 g/mol. The van der Waals surface area contributed by atoms with Crippen molar-refractivity contribution in [3.63, 3.8) is 0 Å². The maximum atomic E-state index is 13.1. The lowest BCUT2D eigenvalue weighted by atomic mass is 10.0. The first-order valence-corrected chi connectivity index (χ1v) is 42.5. The van der Waals surface area contributed by atoms with E-state index in [0.29, 0.717) is 25.7 Å². The Hall–Kier alpha value is -1.94. The fourth-order valence-electron chi connectivity index (χ4n) is 11.7. The van der Waals surface area contributed by atoms with E-state index in [1.165, 1.54) is 212 Å². The third-order valence-electron chi connectivity index (χ3n) is 17.7. The molecule has 0 aliphatic heterocycles. The number of carbonyl (C=O) groups is 4. The number of esters is 4. The molecule has 0 aromatic carbocycles. The molecule has 0 aliphatic rings. The lowest BCUT2D eigenvalue weighted by Crippen LogP contribution is -2.30. The van der Waals surface area contributed by atoms with Gasteiger partial charge in [-0.2, -0.15) is 0 Å². The highest BCUT2D eigenvalue weighted by atomic mass is 31.2. The highest BCUT2D eigenvalue weighted by Gasteiger charge is 2.30. The number of rotatable bonds is 75. The number of phosphoric ester groups is 2. The number of aliphatic hydroxyl groups excluding tert-OH is 1. The third kappa shape index (κ3) is 70.3. The Kier molecular flexibility index (Phi) is 66.5. The molecule has 2 unspecified atom stereocenters. The SMILES string of the molecule is CCCCCCCCCCCCCCCCC(=O)O[C@H](COC(=O)CCCCCCCCCCCCCC)COP(=O)(O)OC[C@H](O)COP(=O)(O)OC[C@@H](COC(=O)CCCCCCCCCCCCCC(C)C)OC(=O)CCCCCCCCCCCCCCC(C)C. The van der Waals surface area contributed by atoms with Gasteiger partial charge in [0.25, 0.3) is 0 Å². The van der Waals surface area contributed by atoms with Crippen LogP contribution in [0.4, 0.5) is 0 Å². The second-order valence-electron chi connectivity index (χ2n) is 28.3. The molecule has 0 saturated carbocycles. The van der Waals surface area contributed by atoms with Crippen molar-refractivity contribution >= 4 is 39.5 Å². The van der Waals surface area contributed by atoms with Crippen molar-refractivity contribution in [2.75, 3.05) is 39.6 Å². The number of unbranched alkanes of at least 4 members (excludes halogenated alkanes) is 45. The fourth-order valence-corrected chi connectivity index (χ4v) is 13.2. The van der Waals surface area contributed by atoms with Crippen molar-refractivity contribution in [2.45, 2.75) is 413 Å². The zero-order valence-corrected chi connectivity index (χ0v) is 63.8. The number of aliphatic hydroxyl groups is 1. The molecule has 0 spiro atoms. The summed E-state index contributed by atoms with van der Waals surface area (Å²) in [7, 11) is -9.91. The van der Waals surface area contributed by atoms with Crippen LogP contribution in [0.3, 0.4) is 0 Å². The van der Waals surface area contributed by atoms with Gasteiger partial charge < -0.3 is 33.8 Å². The maximum absolute atomic E-state index is 13.1. The second kappa shape index (κ2) is 67.9. The molecule has 564 valence electrons. The van der Waals surface area contributed by atoms with Crippen LogP contribution in [-0.4, -0.2) is 96.7 Å². The lowest BCUT2D eigenvalue weighted by molar-refractivity contribution is -0.161. The van der Waals surface area contributed by atoms with Gasteiger partial charge in [0.05, 0.1) is 26.4 Å². The van der Waals surface area contributed by atoms with E-state index in [4.69, 9.17) is 37.0 Å². The summed E-state index contributed by atoms with van der Waals surface area (Å²) >= 11 is 0. The predicted molar refractivity (Wildman–Crippen MR) is 386 cm³/mol. The van der Waals surface area contributed by atoms with Crippen LogP contribution < -0.4 is 0 Å². The van der Waals surface area contributed by atoms with Crippen molar-refractivity contribution < 1.29 is 80.2 Å². The van der Waals surface area contributed by atoms with Gasteiger partial charge >= 0.3 is 39.5 Å². The van der Waals surface area contributed by atoms with Gasteiger partial charge in [-0.05, 0) is 37.5 Å². The zero-order chi connectivity index (χ0) is 70.0. The monoisotopic (exact) mass is 1400 g/mol. The van der Waals surface area contributed by atoms with E-state index in [1.54, 1.807) is 0 Å². The number of hydrogen-bond acceptors (Lipinski definition) is 15. The fraction of sp³-hybridized carbons (Fsp3) is 0.947. The van der Waals surface area contributed by atoms with Crippen LogP contribution in [0.25, 0.3) is 0 Å². The predicted octanol–water partition coefficient (Wildman–Crippen LogP) is 22.3. The van der Waals surface area contributed by atoms with Crippen molar-refractivity contribution in [3.8, 4) is 0 Å². The topological polar surface area (TPSA) is 237 Å². The second-order valence-corrected chi connectivity index (χ2v) is 31.3. The summed E-state index contributed by atoms with van der Waals surface area (Å²) in [5.41, 5.74) is 0. The lowest BCUT2D eigenvalue weighted by Gasteiger charge is -2.21. The Morgan fingerprint density at radius 1 is 0.284 bits per heavy atom. The summed E-state index contributed by atoms with van der Waals surface area (Å²) in [6.07, 6.45) is 55.3. The van der Waals surface area contributed by atoms with E-state index in [1.807, 2.05) is 0 Å². The Morgan fingerprint density at radius 2 is 0.484 bits per heavy atom. The van der Waals surface area contributed by atoms with Crippen LogP contribution in [0.15, 0.2) is 0 Å². The number of phosphoric acid groups is 2. The van der Waals surface area contributed by atoms with Crippen molar-refractivity contribution in [1.29, 1.82) is 0 Å². The summed E-state index contributed by atoms with van der Waals surface area (Å²) in [6.45, 7) is 9.62. The normalized spacial score (nSPS) is 14.0. The first-order chi connectivity index (χ1) is 45.9. The molecule has 3 N–H and O–H groups in total. The van der Waals surface area contributed by atoms with Crippen molar-refractivity contribution in [1.82, 2.24) is 0 Å². The molecule has 0 heterocycles. The van der Waals surface area contributed by atoms with Gasteiger partial charge in [-0.15, -0.1) is 0 Å².